The number of hydrogen-bond acceptors (Lipinski definition) is 3. The average molecular weight is 255 g/mol. The van der Waals surface area contributed by atoms with Crippen LogP contribution in [-0.4, -0.2) is 34.5 Å². The maximum Gasteiger partial charge on any atom is 0.0771 e. The van der Waals surface area contributed by atoms with E-state index in [2.05, 4.69) is 12.2 Å². The highest BCUT2D eigenvalue weighted by Gasteiger charge is 2.33. The minimum absolute atomic E-state index is 0.0915. The van der Waals surface area contributed by atoms with Gasteiger partial charge >= 0.3 is 0 Å². The van der Waals surface area contributed by atoms with E-state index in [1.807, 2.05) is 0 Å². The lowest BCUT2D eigenvalue weighted by atomic mass is 9.77. The third kappa shape index (κ3) is 3.94. The van der Waals surface area contributed by atoms with Gasteiger partial charge < -0.3 is 15.5 Å². The lowest BCUT2D eigenvalue weighted by Gasteiger charge is -2.37. The quantitative estimate of drug-likeness (QED) is 0.722. The second-order valence-electron chi connectivity index (χ2n) is 6.46. The zero-order valence-corrected chi connectivity index (χ0v) is 11.7. The Balaban J connectivity index is 1.69. The summed E-state index contributed by atoms with van der Waals surface area (Å²) in [5.74, 6) is 0.829. The van der Waals surface area contributed by atoms with Gasteiger partial charge in [-0.2, -0.15) is 0 Å². The van der Waals surface area contributed by atoms with E-state index in [4.69, 9.17) is 0 Å². The van der Waals surface area contributed by atoms with Crippen LogP contribution in [0.5, 0.6) is 0 Å². The van der Waals surface area contributed by atoms with Crippen molar-refractivity contribution in [1.82, 2.24) is 5.32 Å². The third-order valence-corrected chi connectivity index (χ3v) is 5.03. The van der Waals surface area contributed by atoms with Gasteiger partial charge in [0.1, 0.15) is 0 Å². The summed E-state index contributed by atoms with van der Waals surface area (Å²) in [6.07, 6.45) is 9.35. The SMILES string of the molecule is CCC1CCC(O)(CNC2CCC(O)CC2)CC1. The van der Waals surface area contributed by atoms with Crippen LogP contribution in [0.4, 0.5) is 0 Å². The Morgan fingerprint density at radius 3 is 2.22 bits per heavy atom. The maximum absolute atomic E-state index is 10.6. The van der Waals surface area contributed by atoms with Crippen molar-refractivity contribution >= 4 is 0 Å². The van der Waals surface area contributed by atoms with Crippen molar-refractivity contribution in [3.63, 3.8) is 0 Å². The first kappa shape index (κ1) is 14.3. The van der Waals surface area contributed by atoms with Crippen LogP contribution in [-0.2, 0) is 0 Å². The van der Waals surface area contributed by atoms with Crippen LogP contribution >= 0.6 is 0 Å². The normalized spacial score (nSPS) is 41.8. The lowest BCUT2D eigenvalue weighted by Crippen LogP contribution is -2.47. The highest BCUT2D eigenvalue weighted by atomic mass is 16.3. The van der Waals surface area contributed by atoms with E-state index in [-0.39, 0.29) is 6.10 Å². The Labute approximate surface area is 111 Å². The average Bonchev–Trinajstić information content (AvgIpc) is 2.39. The largest absolute Gasteiger partial charge is 0.393 e. The molecule has 2 fully saturated rings. The number of aliphatic hydroxyl groups excluding tert-OH is 1. The molecule has 0 aromatic carbocycles. The molecular formula is C15H29NO2. The minimum Gasteiger partial charge on any atom is -0.393 e. The molecule has 0 aromatic heterocycles. The molecule has 2 aliphatic carbocycles. The topological polar surface area (TPSA) is 52.5 Å². The van der Waals surface area contributed by atoms with Gasteiger partial charge in [-0.05, 0) is 57.3 Å². The Bertz CT molecular complexity index is 241. The summed E-state index contributed by atoms with van der Waals surface area (Å²) in [5.41, 5.74) is -0.471. The van der Waals surface area contributed by atoms with Crippen LogP contribution in [0.15, 0.2) is 0 Å². The third-order valence-electron chi connectivity index (χ3n) is 5.03. The van der Waals surface area contributed by atoms with Crippen LogP contribution in [0, 0.1) is 5.92 Å². The Morgan fingerprint density at radius 2 is 1.67 bits per heavy atom. The molecule has 0 amide bonds. The zero-order chi connectivity index (χ0) is 13.0. The van der Waals surface area contributed by atoms with Crippen molar-refractivity contribution in [3.8, 4) is 0 Å². The molecule has 0 unspecified atom stereocenters. The smallest absolute Gasteiger partial charge is 0.0771 e. The number of nitrogens with one attached hydrogen (secondary N) is 1. The Morgan fingerprint density at radius 1 is 1.06 bits per heavy atom. The van der Waals surface area contributed by atoms with E-state index >= 15 is 0 Å². The minimum atomic E-state index is -0.471. The van der Waals surface area contributed by atoms with Crippen LogP contribution in [0.1, 0.15) is 64.7 Å². The van der Waals surface area contributed by atoms with Gasteiger partial charge in [-0.15, -0.1) is 0 Å². The molecule has 106 valence electrons. The Kier molecular flexibility index (Phi) is 5.05. The van der Waals surface area contributed by atoms with Gasteiger partial charge in [0, 0.05) is 12.6 Å². The van der Waals surface area contributed by atoms with Crippen molar-refractivity contribution in [2.45, 2.75) is 82.5 Å². The Hall–Kier alpha value is -0.120. The van der Waals surface area contributed by atoms with Gasteiger partial charge in [-0.3, -0.25) is 0 Å². The standard InChI is InChI=1S/C15H29NO2/c1-2-12-7-9-15(18,10-8-12)11-16-13-3-5-14(17)6-4-13/h12-14,16-18H,2-11H2,1H3. The van der Waals surface area contributed by atoms with Crippen LogP contribution < -0.4 is 5.32 Å². The van der Waals surface area contributed by atoms with E-state index in [1.165, 1.54) is 19.3 Å². The summed E-state index contributed by atoms with van der Waals surface area (Å²) in [4.78, 5) is 0. The molecule has 0 heterocycles. The van der Waals surface area contributed by atoms with E-state index in [1.54, 1.807) is 0 Å². The molecule has 3 N–H and O–H groups in total. The second kappa shape index (κ2) is 6.36. The van der Waals surface area contributed by atoms with E-state index in [9.17, 15) is 10.2 Å². The molecule has 0 spiro atoms. The molecule has 2 saturated carbocycles. The molecule has 2 rings (SSSR count). The van der Waals surface area contributed by atoms with Gasteiger partial charge in [0.25, 0.3) is 0 Å². The molecule has 0 bridgehead atoms. The van der Waals surface area contributed by atoms with Gasteiger partial charge in [0.2, 0.25) is 0 Å². The molecular weight excluding hydrogens is 226 g/mol. The zero-order valence-electron chi connectivity index (χ0n) is 11.7. The first-order valence-electron chi connectivity index (χ1n) is 7.75. The molecule has 18 heavy (non-hydrogen) atoms. The fraction of sp³-hybridized carbons (Fsp3) is 1.00. The fourth-order valence-corrected chi connectivity index (χ4v) is 3.41. The molecule has 0 aromatic rings. The van der Waals surface area contributed by atoms with Crippen molar-refractivity contribution < 1.29 is 10.2 Å². The predicted octanol–water partition coefficient (Wildman–Crippen LogP) is 2.21. The lowest BCUT2D eigenvalue weighted by molar-refractivity contribution is -0.0126. The molecule has 0 radical (unpaired) electrons. The van der Waals surface area contributed by atoms with E-state index in [0.29, 0.717) is 6.04 Å². The molecule has 0 saturated heterocycles. The number of hydrogen-bond donors (Lipinski definition) is 3. The van der Waals surface area contributed by atoms with Gasteiger partial charge in [0.15, 0.2) is 0 Å². The molecule has 0 atom stereocenters. The van der Waals surface area contributed by atoms with Crippen molar-refractivity contribution in [1.29, 1.82) is 0 Å². The highest BCUT2D eigenvalue weighted by Crippen LogP contribution is 2.33. The first-order chi connectivity index (χ1) is 8.61. The summed E-state index contributed by atoms with van der Waals surface area (Å²) in [6.45, 7) is 2.99. The summed E-state index contributed by atoms with van der Waals surface area (Å²) >= 11 is 0. The molecule has 0 aliphatic heterocycles. The maximum atomic E-state index is 10.6. The highest BCUT2D eigenvalue weighted by molar-refractivity contribution is 4.89. The summed E-state index contributed by atoms with van der Waals surface area (Å²) in [7, 11) is 0. The van der Waals surface area contributed by atoms with Crippen molar-refractivity contribution in [2.24, 2.45) is 5.92 Å². The molecule has 3 heteroatoms. The van der Waals surface area contributed by atoms with Crippen LogP contribution in [0.2, 0.25) is 0 Å². The van der Waals surface area contributed by atoms with Gasteiger partial charge in [-0.1, -0.05) is 13.3 Å². The molecule has 3 nitrogen and oxygen atoms in total. The number of aliphatic hydroxyl groups is 2. The predicted molar refractivity (Wildman–Crippen MR) is 73.5 cm³/mol. The second-order valence-corrected chi connectivity index (χ2v) is 6.46. The molecule has 2 aliphatic rings. The van der Waals surface area contributed by atoms with Crippen LogP contribution in [0.3, 0.4) is 0 Å². The summed E-state index contributed by atoms with van der Waals surface area (Å²) in [5, 5.41) is 23.6. The summed E-state index contributed by atoms with van der Waals surface area (Å²) < 4.78 is 0. The van der Waals surface area contributed by atoms with E-state index in [0.717, 1.165) is 51.0 Å². The first-order valence-corrected chi connectivity index (χ1v) is 7.75. The van der Waals surface area contributed by atoms with Crippen molar-refractivity contribution in [3.05, 3.63) is 0 Å². The van der Waals surface area contributed by atoms with Crippen molar-refractivity contribution in [2.75, 3.05) is 6.54 Å². The van der Waals surface area contributed by atoms with Gasteiger partial charge in [-0.25, -0.2) is 0 Å². The summed E-state index contributed by atoms with van der Waals surface area (Å²) in [6, 6.07) is 0.501. The van der Waals surface area contributed by atoms with Crippen LogP contribution in [0.25, 0.3) is 0 Å². The number of rotatable bonds is 4. The van der Waals surface area contributed by atoms with Gasteiger partial charge in [0.05, 0.1) is 11.7 Å². The fourth-order valence-electron chi connectivity index (χ4n) is 3.41. The monoisotopic (exact) mass is 255 g/mol. The van der Waals surface area contributed by atoms with E-state index < -0.39 is 5.60 Å².